The molecule has 1 atom stereocenters. The molecule has 9 nitrogen and oxygen atoms in total. The van der Waals surface area contributed by atoms with Gasteiger partial charge in [-0.05, 0) is 60.8 Å². The molecule has 0 aliphatic rings. The number of rotatable bonds is 16. The standard InChI is InChI=1S/C25H46N2O7/c1-24(2,3)33-21(30)17-16-19(27-23(32)34-25(4,5)6)22(31)26-18-14-12-10-8-7-9-11-13-15-20(28)29/h19H,7-18H2,1-6H3,(H,26,31)(H,27,32)(H,28,29)/t19-/m0/s1. The van der Waals surface area contributed by atoms with Crippen LogP contribution in [0.2, 0.25) is 0 Å². The molecule has 0 bridgehead atoms. The van der Waals surface area contributed by atoms with Gasteiger partial charge in [-0.2, -0.15) is 0 Å². The van der Waals surface area contributed by atoms with Crippen molar-refractivity contribution in [2.75, 3.05) is 6.54 Å². The highest BCUT2D eigenvalue weighted by atomic mass is 16.6. The molecule has 0 rings (SSSR count). The lowest BCUT2D eigenvalue weighted by molar-refractivity contribution is -0.155. The van der Waals surface area contributed by atoms with Crippen molar-refractivity contribution in [2.24, 2.45) is 0 Å². The maximum atomic E-state index is 12.7. The predicted octanol–water partition coefficient (Wildman–Crippen LogP) is 4.71. The second-order valence-electron chi connectivity index (χ2n) is 10.6. The maximum Gasteiger partial charge on any atom is 0.408 e. The molecule has 0 heterocycles. The SMILES string of the molecule is CC(C)(C)OC(=O)CC[C@H](NC(=O)OC(C)(C)C)C(=O)NCCCCCCCCCCC(=O)O. The van der Waals surface area contributed by atoms with E-state index in [1.54, 1.807) is 41.5 Å². The van der Waals surface area contributed by atoms with E-state index in [0.717, 1.165) is 51.4 Å². The molecule has 0 spiro atoms. The molecule has 34 heavy (non-hydrogen) atoms. The molecular formula is C25H46N2O7. The highest BCUT2D eigenvalue weighted by Gasteiger charge is 2.26. The zero-order valence-corrected chi connectivity index (χ0v) is 22.0. The number of esters is 1. The predicted molar refractivity (Wildman–Crippen MR) is 130 cm³/mol. The Kier molecular flexibility index (Phi) is 15.2. The van der Waals surface area contributed by atoms with E-state index in [-0.39, 0.29) is 25.2 Å². The lowest BCUT2D eigenvalue weighted by atomic mass is 10.1. The van der Waals surface area contributed by atoms with Crippen LogP contribution >= 0.6 is 0 Å². The lowest BCUT2D eigenvalue weighted by Gasteiger charge is -2.24. The Bertz CT molecular complexity index is 636. The van der Waals surface area contributed by atoms with Gasteiger partial charge in [-0.1, -0.05) is 38.5 Å². The molecule has 0 unspecified atom stereocenters. The first kappa shape index (κ1) is 31.7. The summed E-state index contributed by atoms with van der Waals surface area (Å²) in [7, 11) is 0. The first-order valence-electron chi connectivity index (χ1n) is 12.4. The summed E-state index contributed by atoms with van der Waals surface area (Å²) in [6, 6.07) is -0.895. The van der Waals surface area contributed by atoms with Gasteiger partial charge >= 0.3 is 18.0 Å². The largest absolute Gasteiger partial charge is 0.481 e. The van der Waals surface area contributed by atoms with Gasteiger partial charge in [0.05, 0.1) is 0 Å². The number of hydrogen-bond donors (Lipinski definition) is 3. The van der Waals surface area contributed by atoms with Crippen LogP contribution in [0.5, 0.6) is 0 Å². The number of carboxylic acids is 1. The smallest absolute Gasteiger partial charge is 0.408 e. The van der Waals surface area contributed by atoms with Crippen molar-refractivity contribution >= 4 is 23.9 Å². The summed E-state index contributed by atoms with van der Waals surface area (Å²) in [5.74, 6) is -1.53. The van der Waals surface area contributed by atoms with Crippen LogP contribution in [0.25, 0.3) is 0 Å². The fourth-order valence-corrected chi connectivity index (χ4v) is 3.17. The van der Waals surface area contributed by atoms with E-state index >= 15 is 0 Å². The third-order valence-electron chi connectivity index (χ3n) is 4.68. The molecule has 0 aliphatic heterocycles. The normalized spacial score (nSPS) is 12.5. The van der Waals surface area contributed by atoms with Gasteiger partial charge in [0.25, 0.3) is 0 Å². The fraction of sp³-hybridized carbons (Fsp3) is 0.840. The second-order valence-corrected chi connectivity index (χ2v) is 10.6. The highest BCUT2D eigenvalue weighted by Crippen LogP contribution is 2.12. The molecule has 9 heteroatoms. The summed E-state index contributed by atoms with van der Waals surface area (Å²) in [6.07, 6.45) is 7.35. The van der Waals surface area contributed by atoms with Gasteiger partial charge in [0.15, 0.2) is 0 Å². The van der Waals surface area contributed by atoms with Crippen molar-refractivity contribution in [1.82, 2.24) is 10.6 Å². The Labute approximate surface area is 204 Å². The van der Waals surface area contributed by atoms with Gasteiger partial charge in [-0.3, -0.25) is 14.4 Å². The Morgan fingerprint density at radius 3 is 1.74 bits per heavy atom. The summed E-state index contributed by atoms with van der Waals surface area (Å²) >= 11 is 0. The summed E-state index contributed by atoms with van der Waals surface area (Å²) in [5, 5.41) is 14.0. The van der Waals surface area contributed by atoms with E-state index in [1.807, 2.05) is 0 Å². The molecule has 0 aromatic rings. The quantitative estimate of drug-likeness (QED) is 0.213. The minimum atomic E-state index is -0.895. The summed E-state index contributed by atoms with van der Waals surface area (Å²) in [4.78, 5) is 47.3. The number of carbonyl (C=O) groups is 4. The van der Waals surface area contributed by atoms with E-state index in [0.29, 0.717) is 6.54 Å². The monoisotopic (exact) mass is 486 g/mol. The van der Waals surface area contributed by atoms with Crippen molar-refractivity contribution in [3.8, 4) is 0 Å². The number of amides is 2. The van der Waals surface area contributed by atoms with Gasteiger partial charge in [-0.25, -0.2) is 4.79 Å². The van der Waals surface area contributed by atoms with E-state index in [9.17, 15) is 19.2 Å². The molecule has 0 aromatic carbocycles. The van der Waals surface area contributed by atoms with Crippen LogP contribution < -0.4 is 10.6 Å². The van der Waals surface area contributed by atoms with Crippen LogP contribution in [0.3, 0.4) is 0 Å². The molecule has 0 radical (unpaired) electrons. The zero-order chi connectivity index (χ0) is 26.2. The van der Waals surface area contributed by atoms with Crippen molar-refractivity contribution in [2.45, 2.75) is 129 Å². The van der Waals surface area contributed by atoms with Crippen LogP contribution in [0.15, 0.2) is 0 Å². The van der Waals surface area contributed by atoms with Crippen molar-refractivity contribution < 1.29 is 33.8 Å². The maximum absolute atomic E-state index is 12.7. The molecule has 0 fully saturated rings. The van der Waals surface area contributed by atoms with Crippen LogP contribution in [-0.4, -0.2) is 52.8 Å². The van der Waals surface area contributed by atoms with E-state index in [4.69, 9.17) is 14.6 Å². The number of hydrogen-bond acceptors (Lipinski definition) is 6. The number of unbranched alkanes of at least 4 members (excludes halogenated alkanes) is 7. The number of nitrogens with one attached hydrogen (secondary N) is 2. The Morgan fingerprint density at radius 1 is 0.735 bits per heavy atom. The molecule has 2 amide bonds. The Hall–Kier alpha value is -2.32. The first-order chi connectivity index (χ1) is 15.7. The topological polar surface area (TPSA) is 131 Å². The van der Waals surface area contributed by atoms with E-state index in [1.165, 1.54) is 0 Å². The van der Waals surface area contributed by atoms with Crippen molar-refractivity contribution in [1.29, 1.82) is 0 Å². The minimum Gasteiger partial charge on any atom is -0.481 e. The third kappa shape index (κ3) is 20.3. The molecule has 3 N–H and O–H groups in total. The summed E-state index contributed by atoms with van der Waals surface area (Å²) in [5.41, 5.74) is -1.32. The van der Waals surface area contributed by atoms with Crippen LogP contribution in [-0.2, 0) is 23.9 Å². The Morgan fingerprint density at radius 2 is 1.24 bits per heavy atom. The fourth-order valence-electron chi connectivity index (χ4n) is 3.17. The zero-order valence-electron chi connectivity index (χ0n) is 22.0. The summed E-state index contributed by atoms with van der Waals surface area (Å²) < 4.78 is 10.5. The van der Waals surface area contributed by atoms with E-state index < -0.39 is 35.3 Å². The molecule has 0 aromatic heterocycles. The Balaban J connectivity index is 4.36. The lowest BCUT2D eigenvalue weighted by Crippen LogP contribution is -2.48. The van der Waals surface area contributed by atoms with Gasteiger partial charge in [0, 0.05) is 19.4 Å². The van der Waals surface area contributed by atoms with Crippen molar-refractivity contribution in [3.63, 3.8) is 0 Å². The van der Waals surface area contributed by atoms with E-state index in [2.05, 4.69) is 10.6 Å². The summed E-state index contributed by atoms with van der Waals surface area (Å²) in [6.45, 7) is 11.0. The second kappa shape index (κ2) is 16.3. The number of carboxylic acid groups (broad SMARTS) is 1. The number of alkyl carbamates (subject to hydrolysis) is 1. The highest BCUT2D eigenvalue weighted by molar-refractivity contribution is 5.86. The van der Waals surface area contributed by atoms with Crippen LogP contribution in [0.4, 0.5) is 4.79 Å². The van der Waals surface area contributed by atoms with Gasteiger partial charge in [0.1, 0.15) is 17.2 Å². The average Bonchev–Trinajstić information content (AvgIpc) is 2.66. The van der Waals surface area contributed by atoms with Crippen LogP contribution in [0.1, 0.15) is 112 Å². The van der Waals surface area contributed by atoms with Gasteiger partial charge in [0.2, 0.25) is 5.91 Å². The minimum absolute atomic E-state index is 0.00236. The van der Waals surface area contributed by atoms with Crippen molar-refractivity contribution in [3.05, 3.63) is 0 Å². The molecule has 0 saturated heterocycles. The third-order valence-corrected chi connectivity index (χ3v) is 4.68. The number of ether oxygens (including phenoxy) is 2. The average molecular weight is 487 g/mol. The molecule has 0 aliphatic carbocycles. The van der Waals surface area contributed by atoms with Gasteiger partial charge < -0.3 is 25.2 Å². The molecular weight excluding hydrogens is 440 g/mol. The number of aliphatic carboxylic acids is 1. The number of carbonyl (C=O) groups excluding carboxylic acids is 3. The van der Waals surface area contributed by atoms with Gasteiger partial charge in [-0.15, -0.1) is 0 Å². The molecule has 0 saturated carbocycles. The first-order valence-corrected chi connectivity index (χ1v) is 12.4. The van der Waals surface area contributed by atoms with Crippen LogP contribution in [0, 0.1) is 0 Å². The molecule has 198 valence electrons.